The Balaban J connectivity index is 2.33. The normalized spacial score (nSPS) is 11.6. The summed E-state index contributed by atoms with van der Waals surface area (Å²) in [6, 6.07) is 4.04. The Hall–Kier alpha value is -1.33. The maximum absolute atomic E-state index is 10.3. The van der Waals surface area contributed by atoms with E-state index in [-0.39, 0.29) is 6.42 Å². The minimum Gasteiger partial charge on any atom is -0.481 e. The molecule has 0 aliphatic carbocycles. The van der Waals surface area contributed by atoms with Crippen molar-refractivity contribution in [2.75, 3.05) is 0 Å². The van der Waals surface area contributed by atoms with Gasteiger partial charge >= 0.3 is 5.97 Å². The van der Waals surface area contributed by atoms with Crippen molar-refractivity contribution in [1.82, 2.24) is 5.48 Å². The molecular formula is C13H19NO3S. The zero-order chi connectivity index (χ0) is 13.4. The number of allylic oxidation sites excluding steroid dienone is 1. The van der Waals surface area contributed by atoms with E-state index in [1.807, 2.05) is 19.1 Å². The van der Waals surface area contributed by atoms with Crippen LogP contribution in [-0.4, -0.2) is 16.3 Å². The average Bonchev–Trinajstić information content (AvgIpc) is 2.79. The molecular weight excluding hydrogens is 250 g/mol. The van der Waals surface area contributed by atoms with Crippen LogP contribution in [-0.2, 0) is 11.2 Å². The van der Waals surface area contributed by atoms with Crippen LogP contribution in [0, 0.1) is 0 Å². The first-order valence-corrected chi connectivity index (χ1v) is 6.86. The summed E-state index contributed by atoms with van der Waals surface area (Å²) in [5, 5.41) is 17.4. The molecule has 5 heteroatoms. The molecule has 0 aliphatic heterocycles. The lowest BCUT2D eigenvalue weighted by Gasteiger charge is -2.00. The molecule has 100 valence electrons. The molecule has 0 bridgehead atoms. The third-order valence-corrected chi connectivity index (χ3v) is 3.83. The van der Waals surface area contributed by atoms with Crippen LogP contribution in [0.2, 0.25) is 0 Å². The van der Waals surface area contributed by atoms with Crippen molar-refractivity contribution >= 4 is 23.0 Å². The van der Waals surface area contributed by atoms with Gasteiger partial charge in [-0.05, 0) is 38.3 Å². The molecule has 0 unspecified atom stereocenters. The molecule has 1 heterocycles. The standard InChI is InChI=1S/C13H19NO3S/c1-2-11(14-17)12-9-8-10(18-12)6-4-3-5-7-13(15)16/h2,8-9,14,17H,3-7H2,1H3,(H,15,16)/b11-2+. The Morgan fingerprint density at radius 2 is 2.17 bits per heavy atom. The Kier molecular flexibility index (Phi) is 6.46. The van der Waals surface area contributed by atoms with Crippen molar-refractivity contribution in [1.29, 1.82) is 0 Å². The fourth-order valence-corrected chi connectivity index (χ4v) is 2.75. The van der Waals surface area contributed by atoms with Gasteiger partial charge in [0.15, 0.2) is 0 Å². The van der Waals surface area contributed by atoms with E-state index in [2.05, 4.69) is 11.5 Å². The second-order valence-corrected chi connectivity index (χ2v) is 5.20. The molecule has 0 spiro atoms. The number of unbranched alkanes of at least 4 members (excludes halogenated alkanes) is 2. The Bertz CT molecular complexity index is 412. The van der Waals surface area contributed by atoms with E-state index in [0.717, 1.165) is 36.3 Å². The molecule has 1 rings (SSSR count). The average molecular weight is 269 g/mol. The Morgan fingerprint density at radius 3 is 2.78 bits per heavy atom. The van der Waals surface area contributed by atoms with Gasteiger partial charge in [0.25, 0.3) is 0 Å². The Labute approximate surface area is 111 Å². The van der Waals surface area contributed by atoms with Gasteiger partial charge < -0.3 is 5.11 Å². The molecule has 0 fully saturated rings. The number of carboxylic acids is 1. The third-order valence-electron chi connectivity index (χ3n) is 2.65. The predicted molar refractivity (Wildman–Crippen MR) is 72.7 cm³/mol. The summed E-state index contributed by atoms with van der Waals surface area (Å²) >= 11 is 1.65. The van der Waals surface area contributed by atoms with Gasteiger partial charge in [0.1, 0.15) is 0 Å². The first-order chi connectivity index (χ1) is 8.67. The number of carboxylic acid groups (broad SMARTS) is 1. The SMILES string of the molecule is C/C=C(/NO)c1ccc(CCCCCC(=O)O)s1. The zero-order valence-corrected chi connectivity index (χ0v) is 11.3. The summed E-state index contributed by atoms with van der Waals surface area (Å²) in [6.45, 7) is 1.86. The molecule has 0 aromatic carbocycles. The number of nitrogens with one attached hydrogen (secondary N) is 1. The molecule has 0 amide bonds. The zero-order valence-electron chi connectivity index (χ0n) is 10.5. The van der Waals surface area contributed by atoms with Gasteiger partial charge in [-0.25, -0.2) is 0 Å². The number of rotatable bonds is 8. The topological polar surface area (TPSA) is 69.6 Å². The number of carbonyl (C=O) groups is 1. The van der Waals surface area contributed by atoms with Crippen LogP contribution in [0.25, 0.3) is 5.70 Å². The van der Waals surface area contributed by atoms with Gasteiger partial charge in [0.05, 0.1) is 10.6 Å². The number of aliphatic carboxylic acids is 1. The molecule has 0 atom stereocenters. The summed E-state index contributed by atoms with van der Waals surface area (Å²) in [5.41, 5.74) is 2.90. The molecule has 1 aromatic rings. The molecule has 3 N–H and O–H groups in total. The molecule has 18 heavy (non-hydrogen) atoms. The summed E-state index contributed by atoms with van der Waals surface area (Å²) in [7, 11) is 0. The number of thiophene rings is 1. The quantitative estimate of drug-likeness (QED) is 0.500. The minimum atomic E-state index is -0.722. The smallest absolute Gasteiger partial charge is 0.303 e. The van der Waals surface area contributed by atoms with Gasteiger partial charge in [-0.1, -0.05) is 12.5 Å². The maximum atomic E-state index is 10.3. The van der Waals surface area contributed by atoms with Crippen LogP contribution >= 0.6 is 11.3 Å². The van der Waals surface area contributed by atoms with Crippen molar-refractivity contribution in [2.24, 2.45) is 0 Å². The maximum Gasteiger partial charge on any atom is 0.303 e. The highest BCUT2D eigenvalue weighted by Gasteiger charge is 2.04. The third kappa shape index (κ3) is 4.89. The fraction of sp³-hybridized carbons (Fsp3) is 0.462. The van der Waals surface area contributed by atoms with Gasteiger partial charge in [-0.3, -0.25) is 15.5 Å². The number of hydroxylamine groups is 1. The summed E-state index contributed by atoms with van der Waals surface area (Å²) < 4.78 is 0. The van der Waals surface area contributed by atoms with Gasteiger partial charge in [-0.2, -0.15) is 0 Å². The van der Waals surface area contributed by atoms with Crippen molar-refractivity contribution in [3.05, 3.63) is 28.0 Å². The number of hydrogen-bond acceptors (Lipinski definition) is 4. The van der Waals surface area contributed by atoms with E-state index in [1.54, 1.807) is 11.3 Å². The molecule has 0 saturated heterocycles. The van der Waals surface area contributed by atoms with E-state index in [1.165, 1.54) is 4.88 Å². The van der Waals surface area contributed by atoms with Crippen LogP contribution in [0.3, 0.4) is 0 Å². The first-order valence-electron chi connectivity index (χ1n) is 6.04. The Morgan fingerprint density at radius 1 is 1.39 bits per heavy atom. The predicted octanol–water partition coefficient (Wildman–Crippen LogP) is 3.28. The van der Waals surface area contributed by atoms with Crippen molar-refractivity contribution < 1.29 is 15.1 Å². The van der Waals surface area contributed by atoms with Crippen LogP contribution in [0.5, 0.6) is 0 Å². The van der Waals surface area contributed by atoms with Crippen LogP contribution < -0.4 is 5.48 Å². The van der Waals surface area contributed by atoms with Crippen molar-refractivity contribution in [3.8, 4) is 0 Å². The number of hydrogen-bond donors (Lipinski definition) is 3. The van der Waals surface area contributed by atoms with Crippen molar-refractivity contribution in [2.45, 2.75) is 39.0 Å². The van der Waals surface area contributed by atoms with Crippen LogP contribution in [0.1, 0.15) is 42.4 Å². The van der Waals surface area contributed by atoms with Gasteiger partial charge in [-0.15, -0.1) is 11.3 Å². The largest absolute Gasteiger partial charge is 0.481 e. The van der Waals surface area contributed by atoms with Gasteiger partial charge in [0, 0.05) is 11.3 Å². The molecule has 1 aromatic heterocycles. The lowest BCUT2D eigenvalue weighted by molar-refractivity contribution is -0.137. The lowest BCUT2D eigenvalue weighted by Crippen LogP contribution is -2.03. The minimum absolute atomic E-state index is 0.257. The highest BCUT2D eigenvalue weighted by atomic mass is 32.1. The van der Waals surface area contributed by atoms with E-state index < -0.39 is 5.97 Å². The summed E-state index contributed by atoms with van der Waals surface area (Å²) in [4.78, 5) is 12.6. The second-order valence-electron chi connectivity index (χ2n) is 4.03. The van der Waals surface area contributed by atoms with E-state index >= 15 is 0 Å². The van der Waals surface area contributed by atoms with Crippen molar-refractivity contribution in [3.63, 3.8) is 0 Å². The highest BCUT2D eigenvalue weighted by molar-refractivity contribution is 7.13. The van der Waals surface area contributed by atoms with Crippen LogP contribution in [0.15, 0.2) is 18.2 Å². The van der Waals surface area contributed by atoms with Gasteiger partial charge in [0.2, 0.25) is 0 Å². The van der Waals surface area contributed by atoms with E-state index in [9.17, 15) is 4.79 Å². The van der Waals surface area contributed by atoms with E-state index in [0.29, 0.717) is 0 Å². The second kappa shape index (κ2) is 7.89. The molecule has 0 aliphatic rings. The lowest BCUT2D eigenvalue weighted by atomic mass is 10.1. The highest BCUT2D eigenvalue weighted by Crippen LogP contribution is 2.24. The van der Waals surface area contributed by atoms with Crippen LogP contribution in [0.4, 0.5) is 0 Å². The summed E-state index contributed by atoms with van der Waals surface area (Å²) in [5.74, 6) is -0.722. The summed E-state index contributed by atoms with van der Waals surface area (Å²) in [6.07, 6.45) is 5.73. The first kappa shape index (κ1) is 14.7. The monoisotopic (exact) mass is 269 g/mol. The molecule has 0 saturated carbocycles. The molecule has 0 radical (unpaired) electrons. The number of aryl methyl sites for hydroxylation is 1. The fourth-order valence-electron chi connectivity index (χ4n) is 1.67. The molecule has 4 nitrogen and oxygen atoms in total. The van der Waals surface area contributed by atoms with E-state index in [4.69, 9.17) is 10.3 Å².